The summed E-state index contributed by atoms with van der Waals surface area (Å²) in [6.45, 7) is 4.69. The van der Waals surface area contributed by atoms with E-state index >= 15 is 0 Å². The van der Waals surface area contributed by atoms with E-state index in [-0.39, 0.29) is 6.03 Å². The summed E-state index contributed by atoms with van der Waals surface area (Å²) in [4.78, 5) is 15.7. The maximum atomic E-state index is 10.7. The molecule has 1 aliphatic rings. The Bertz CT molecular complexity index is 165. The van der Waals surface area contributed by atoms with E-state index in [4.69, 9.17) is 5.73 Å². The van der Waals surface area contributed by atoms with Crippen LogP contribution in [0.3, 0.4) is 0 Å². The first-order valence-electron chi connectivity index (χ1n) is 3.78. The maximum Gasteiger partial charge on any atom is 0.344 e. The molecule has 0 aromatic carbocycles. The molecule has 0 bridgehead atoms. The van der Waals surface area contributed by atoms with E-state index in [9.17, 15) is 4.79 Å². The van der Waals surface area contributed by atoms with Crippen molar-refractivity contribution in [2.24, 2.45) is 10.7 Å². The lowest BCUT2D eigenvalue weighted by Crippen LogP contribution is -2.34. The third-order valence-corrected chi connectivity index (χ3v) is 1.27. The lowest BCUT2D eigenvalue weighted by molar-refractivity contribution is 0.217. The third kappa shape index (κ3) is 3.02. The second kappa shape index (κ2) is 4.71. The van der Waals surface area contributed by atoms with Gasteiger partial charge in [-0.1, -0.05) is 13.8 Å². The minimum Gasteiger partial charge on any atom is -0.387 e. The molecule has 0 radical (unpaired) electrons. The van der Waals surface area contributed by atoms with Crippen LogP contribution in [-0.2, 0) is 0 Å². The summed E-state index contributed by atoms with van der Waals surface area (Å²) in [5.41, 5.74) is 5.29. The highest BCUT2D eigenvalue weighted by Crippen LogP contribution is 1.98. The lowest BCUT2D eigenvalue weighted by Gasteiger charge is -2.18. The summed E-state index contributed by atoms with van der Waals surface area (Å²) in [6.07, 6.45) is 0.697. The Morgan fingerprint density at radius 2 is 2.09 bits per heavy atom. The SMILES string of the molecule is CC.CN1CCC(N)=NC1=O. The zero-order valence-electron chi connectivity index (χ0n) is 7.29. The molecule has 0 unspecified atom stereocenters. The highest BCUT2D eigenvalue weighted by Gasteiger charge is 2.12. The number of hydrogen-bond donors (Lipinski definition) is 1. The number of amidine groups is 1. The van der Waals surface area contributed by atoms with Crippen LogP contribution in [-0.4, -0.2) is 30.4 Å². The van der Waals surface area contributed by atoms with Gasteiger partial charge in [0.05, 0.1) is 0 Å². The smallest absolute Gasteiger partial charge is 0.344 e. The Balaban J connectivity index is 0.000000461. The van der Waals surface area contributed by atoms with Gasteiger partial charge in [0.1, 0.15) is 5.84 Å². The van der Waals surface area contributed by atoms with Gasteiger partial charge < -0.3 is 10.6 Å². The number of carbonyl (C=O) groups excluding carboxylic acids is 1. The van der Waals surface area contributed by atoms with Gasteiger partial charge in [0.15, 0.2) is 0 Å². The van der Waals surface area contributed by atoms with Crippen molar-refractivity contribution >= 4 is 11.9 Å². The molecule has 0 saturated heterocycles. The van der Waals surface area contributed by atoms with Crippen molar-refractivity contribution < 1.29 is 4.79 Å². The van der Waals surface area contributed by atoms with Crippen LogP contribution >= 0.6 is 0 Å². The summed E-state index contributed by atoms with van der Waals surface area (Å²) in [7, 11) is 1.71. The number of urea groups is 1. The number of nitrogens with two attached hydrogens (primary N) is 1. The molecule has 0 fully saturated rings. The fourth-order valence-corrected chi connectivity index (χ4v) is 0.642. The van der Waals surface area contributed by atoms with E-state index < -0.39 is 0 Å². The van der Waals surface area contributed by atoms with Crippen molar-refractivity contribution in [1.82, 2.24) is 4.90 Å². The Hall–Kier alpha value is -1.06. The number of rotatable bonds is 0. The van der Waals surface area contributed by atoms with Gasteiger partial charge in [-0.15, -0.1) is 0 Å². The Labute approximate surface area is 67.1 Å². The fourth-order valence-electron chi connectivity index (χ4n) is 0.642. The van der Waals surface area contributed by atoms with Gasteiger partial charge in [0.25, 0.3) is 0 Å². The van der Waals surface area contributed by atoms with Crippen molar-refractivity contribution in [2.75, 3.05) is 13.6 Å². The molecule has 0 spiro atoms. The van der Waals surface area contributed by atoms with Gasteiger partial charge in [-0.3, -0.25) is 0 Å². The normalized spacial score (nSPS) is 16.8. The van der Waals surface area contributed by atoms with E-state index in [0.29, 0.717) is 18.8 Å². The molecule has 0 aromatic rings. The molecular formula is C7H15N3O. The van der Waals surface area contributed by atoms with Crippen LogP contribution in [0.15, 0.2) is 4.99 Å². The summed E-state index contributed by atoms with van der Waals surface area (Å²) < 4.78 is 0. The largest absolute Gasteiger partial charge is 0.387 e. The van der Waals surface area contributed by atoms with Crippen LogP contribution in [0.5, 0.6) is 0 Å². The highest BCUT2D eigenvalue weighted by molar-refractivity contribution is 5.94. The van der Waals surface area contributed by atoms with E-state index in [1.165, 1.54) is 4.90 Å². The van der Waals surface area contributed by atoms with Crippen LogP contribution in [0.2, 0.25) is 0 Å². The summed E-state index contributed by atoms with van der Waals surface area (Å²) in [5.74, 6) is 0.443. The zero-order chi connectivity index (χ0) is 8.85. The molecule has 4 heteroatoms. The Morgan fingerprint density at radius 1 is 1.55 bits per heavy atom. The van der Waals surface area contributed by atoms with E-state index in [1.54, 1.807) is 7.05 Å². The predicted molar refractivity (Wildman–Crippen MR) is 45.6 cm³/mol. The van der Waals surface area contributed by atoms with Crippen LogP contribution in [0.4, 0.5) is 4.79 Å². The first-order chi connectivity index (χ1) is 5.20. The Kier molecular flexibility index (Phi) is 4.26. The number of aliphatic imine (C=N–C) groups is 1. The molecule has 4 nitrogen and oxygen atoms in total. The Morgan fingerprint density at radius 3 is 2.45 bits per heavy atom. The number of nitrogens with zero attached hydrogens (tertiary/aromatic N) is 2. The first-order valence-corrected chi connectivity index (χ1v) is 3.78. The highest BCUT2D eigenvalue weighted by atomic mass is 16.2. The molecule has 0 aromatic heterocycles. The second-order valence-electron chi connectivity index (χ2n) is 2.06. The summed E-state index contributed by atoms with van der Waals surface area (Å²) in [6, 6.07) is -0.237. The molecule has 0 atom stereocenters. The van der Waals surface area contributed by atoms with E-state index in [1.807, 2.05) is 13.8 Å². The monoisotopic (exact) mass is 157 g/mol. The lowest BCUT2D eigenvalue weighted by atomic mass is 10.3. The predicted octanol–water partition coefficient (Wildman–Crippen LogP) is 0.825. The second-order valence-corrected chi connectivity index (χ2v) is 2.06. The van der Waals surface area contributed by atoms with Gasteiger partial charge in [-0.2, -0.15) is 4.99 Å². The zero-order valence-corrected chi connectivity index (χ0v) is 7.29. The topological polar surface area (TPSA) is 58.7 Å². The van der Waals surface area contributed by atoms with Gasteiger partial charge in [0, 0.05) is 20.0 Å². The van der Waals surface area contributed by atoms with Crippen LogP contribution in [0, 0.1) is 0 Å². The quantitative estimate of drug-likeness (QED) is 0.566. The average Bonchev–Trinajstić information content (AvgIpc) is 2.02. The molecule has 11 heavy (non-hydrogen) atoms. The average molecular weight is 157 g/mol. The van der Waals surface area contributed by atoms with Crippen molar-refractivity contribution in [3.63, 3.8) is 0 Å². The van der Waals surface area contributed by atoms with Crippen molar-refractivity contribution in [3.8, 4) is 0 Å². The fraction of sp³-hybridized carbons (Fsp3) is 0.714. The molecule has 1 heterocycles. The van der Waals surface area contributed by atoms with Crippen molar-refractivity contribution in [1.29, 1.82) is 0 Å². The molecule has 2 amide bonds. The van der Waals surface area contributed by atoms with Gasteiger partial charge in [-0.25, -0.2) is 4.79 Å². The number of hydrogen-bond acceptors (Lipinski definition) is 2. The minimum absolute atomic E-state index is 0.237. The first kappa shape index (κ1) is 9.94. The summed E-state index contributed by atoms with van der Waals surface area (Å²) >= 11 is 0. The number of carbonyl (C=O) groups is 1. The van der Waals surface area contributed by atoms with Crippen LogP contribution in [0.1, 0.15) is 20.3 Å². The van der Waals surface area contributed by atoms with Gasteiger partial charge in [0.2, 0.25) is 0 Å². The van der Waals surface area contributed by atoms with Crippen molar-refractivity contribution in [2.45, 2.75) is 20.3 Å². The molecule has 1 rings (SSSR count). The van der Waals surface area contributed by atoms with Crippen LogP contribution < -0.4 is 5.73 Å². The molecule has 2 N–H and O–H groups in total. The maximum absolute atomic E-state index is 10.7. The van der Waals surface area contributed by atoms with Crippen molar-refractivity contribution in [3.05, 3.63) is 0 Å². The van der Waals surface area contributed by atoms with Gasteiger partial charge in [-0.05, 0) is 0 Å². The summed E-state index contributed by atoms with van der Waals surface area (Å²) in [5, 5.41) is 0. The molecular weight excluding hydrogens is 142 g/mol. The van der Waals surface area contributed by atoms with Gasteiger partial charge >= 0.3 is 6.03 Å². The number of amides is 2. The van der Waals surface area contributed by atoms with E-state index in [2.05, 4.69) is 4.99 Å². The molecule has 0 saturated carbocycles. The minimum atomic E-state index is -0.237. The molecule has 0 aliphatic carbocycles. The molecule has 1 aliphatic heterocycles. The van der Waals surface area contributed by atoms with Crippen LogP contribution in [0.25, 0.3) is 0 Å². The standard InChI is InChI=1S/C5H9N3O.C2H6/c1-8-3-2-4(6)7-5(8)9;1-2/h2-3H2,1H3,(H2,6,7,9);1-2H3. The van der Waals surface area contributed by atoms with E-state index in [0.717, 1.165) is 0 Å². The molecule has 64 valence electrons. The third-order valence-electron chi connectivity index (χ3n) is 1.27.